The average molecular weight is 432 g/mol. The minimum atomic E-state index is -3.82. The number of amides is 1. The number of rotatable bonds is 6. The fourth-order valence-corrected chi connectivity index (χ4v) is 4.85. The molecule has 2 aromatic rings. The van der Waals surface area contributed by atoms with Gasteiger partial charge < -0.3 is 15.5 Å². The van der Waals surface area contributed by atoms with E-state index >= 15 is 0 Å². The molecule has 1 fully saturated rings. The van der Waals surface area contributed by atoms with Gasteiger partial charge in [-0.3, -0.25) is 9.52 Å². The fourth-order valence-electron chi connectivity index (χ4n) is 3.50. The van der Waals surface area contributed by atoms with Crippen molar-refractivity contribution in [2.24, 2.45) is 0 Å². The normalized spacial score (nSPS) is 14.5. The summed E-state index contributed by atoms with van der Waals surface area (Å²) in [4.78, 5) is 19.4. The van der Waals surface area contributed by atoms with Crippen molar-refractivity contribution in [2.75, 3.05) is 42.3 Å². The first-order chi connectivity index (χ1) is 14.2. The van der Waals surface area contributed by atoms with E-state index in [1.54, 1.807) is 19.1 Å². The Balaban J connectivity index is 1.97. The Morgan fingerprint density at radius 2 is 1.77 bits per heavy atom. The molecule has 3 N–H and O–H groups in total. The van der Waals surface area contributed by atoms with Crippen LogP contribution in [0.5, 0.6) is 0 Å². The molecule has 1 aromatic carbocycles. The molecule has 0 spiro atoms. The molecule has 8 nitrogen and oxygen atoms in total. The third kappa shape index (κ3) is 4.73. The molecule has 0 saturated carbocycles. The summed E-state index contributed by atoms with van der Waals surface area (Å²) in [5.41, 5.74) is 3.21. The number of hydrogen-bond donors (Lipinski definition) is 3. The van der Waals surface area contributed by atoms with E-state index in [1.807, 2.05) is 31.7 Å². The summed E-state index contributed by atoms with van der Waals surface area (Å²) in [5.74, 6) is 0.287. The molecule has 1 aromatic heterocycles. The Morgan fingerprint density at radius 3 is 2.43 bits per heavy atom. The van der Waals surface area contributed by atoms with E-state index in [0.717, 1.165) is 37.3 Å². The number of aromatic nitrogens is 1. The van der Waals surface area contributed by atoms with Gasteiger partial charge in [0.25, 0.3) is 15.9 Å². The summed E-state index contributed by atoms with van der Waals surface area (Å²) in [7, 11) is -3.82. The zero-order valence-corrected chi connectivity index (χ0v) is 18.7. The Kier molecular flexibility index (Phi) is 6.62. The number of benzene rings is 1. The number of nitrogens with one attached hydrogen (secondary N) is 3. The SMILES string of the molecule is CCNC(=O)c1cc(NS(=O)(=O)c2cc(C)c(C)cc2C)cnc1N1CCNCC1. The first kappa shape index (κ1) is 22.0. The maximum atomic E-state index is 13.0. The van der Waals surface area contributed by atoms with Crippen LogP contribution in [-0.2, 0) is 10.0 Å². The molecule has 1 aliphatic heterocycles. The lowest BCUT2D eigenvalue weighted by Crippen LogP contribution is -2.44. The molecule has 0 aliphatic carbocycles. The van der Waals surface area contributed by atoms with Gasteiger partial charge in [-0.2, -0.15) is 0 Å². The first-order valence-electron chi connectivity index (χ1n) is 10.1. The number of aryl methyl sites for hydroxylation is 3. The summed E-state index contributed by atoms with van der Waals surface area (Å²) in [5, 5.41) is 6.06. The van der Waals surface area contributed by atoms with Gasteiger partial charge in [0.2, 0.25) is 0 Å². The van der Waals surface area contributed by atoms with Crippen LogP contribution in [0.2, 0.25) is 0 Å². The van der Waals surface area contributed by atoms with E-state index in [4.69, 9.17) is 0 Å². The minimum absolute atomic E-state index is 0.219. The standard InChI is InChI=1S/C21H29N5O3S/c1-5-23-21(27)18-12-17(13-24-20(18)26-8-6-22-7-9-26)25-30(28,29)19-11-15(3)14(2)10-16(19)4/h10-13,22,25H,5-9H2,1-4H3,(H,23,27). The summed E-state index contributed by atoms with van der Waals surface area (Å²) in [6.07, 6.45) is 1.47. The van der Waals surface area contributed by atoms with Crippen molar-refractivity contribution < 1.29 is 13.2 Å². The van der Waals surface area contributed by atoms with Crippen molar-refractivity contribution in [1.82, 2.24) is 15.6 Å². The molecular formula is C21H29N5O3S. The van der Waals surface area contributed by atoms with E-state index < -0.39 is 10.0 Å². The smallest absolute Gasteiger partial charge is 0.262 e. The Morgan fingerprint density at radius 1 is 1.10 bits per heavy atom. The number of hydrogen-bond acceptors (Lipinski definition) is 6. The number of sulfonamides is 1. The third-order valence-electron chi connectivity index (χ3n) is 5.20. The third-order valence-corrected chi connectivity index (χ3v) is 6.72. The molecule has 9 heteroatoms. The van der Waals surface area contributed by atoms with Crippen LogP contribution >= 0.6 is 0 Å². The van der Waals surface area contributed by atoms with Gasteiger partial charge in [-0.25, -0.2) is 13.4 Å². The monoisotopic (exact) mass is 431 g/mol. The fraction of sp³-hybridized carbons (Fsp3) is 0.429. The van der Waals surface area contributed by atoms with Crippen LogP contribution in [0, 0.1) is 20.8 Å². The van der Waals surface area contributed by atoms with Crippen LogP contribution in [0.3, 0.4) is 0 Å². The van der Waals surface area contributed by atoms with Crippen molar-refractivity contribution in [3.63, 3.8) is 0 Å². The zero-order chi connectivity index (χ0) is 21.9. The lowest BCUT2D eigenvalue weighted by atomic mass is 10.1. The highest BCUT2D eigenvalue weighted by Crippen LogP contribution is 2.26. The second-order valence-corrected chi connectivity index (χ2v) is 9.15. The predicted octanol–water partition coefficient (Wildman–Crippen LogP) is 1.97. The summed E-state index contributed by atoms with van der Waals surface area (Å²) in [6, 6.07) is 5.08. The molecule has 1 amide bonds. The molecule has 0 atom stereocenters. The highest BCUT2D eigenvalue weighted by atomic mass is 32.2. The summed E-state index contributed by atoms with van der Waals surface area (Å²) >= 11 is 0. The topological polar surface area (TPSA) is 103 Å². The molecular weight excluding hydrogens is 402 g/mol. The Hall–Kier alpha value is -2.65. The zero-order valence-electron chi connectivity index (χ0n) is 17.9. The molecule has 1 aliphatic rings. The highest BCUT2D eigenvalue weighted by Gasteiger charge is 2.23. The largest absolute Gasteiger partial charge is 0.353 e. The van der Waals surface area contributed by atoms with Gasteiger partial charge in [-0.1, -0.05) is 6.07 Å². The van der Waals surface area contributed by atoms with Gasteiger partial charge in [-0.05, 0) is 56.5 Å². The predicted molar refractivity (Wildman–Crippen MR) is 119 cm³/mol. The minimum Gasteiger partial charge on any atom is -0.353 e. The van der Waals surface area contributed by atoms with E-state index in [9.17, 15) is 13.2 Å². The highest BCUT2D eigenvalue weighted by molar-refractivity contribution is 7.92. The number of anilines is 2. The molecule has 0 unspecified atom stereocenters. The van der Waals surface area contributed by atoms with Crippen molar-refractivity contribution >= 4 is 27.4 Å². The number of pyridine rings is 1. The molecule has 30 heavy (non-hydrogen) atoms. The Bertz CT molecular complexity index is 1050. The first-order valence-corrected chi connectivity index (χ1v) is 11.6. The van der Waals surface area contributed by atoms with Crippen molar-refractivity contribution in [3.05, 3.63) is 46.6 Å². The van der Waals surface area contributed by atoms with E-state index in [-0.39, 0.29) is 16.5 Å². The molecule has 0 radical (unpaired) electrons. The second-order valence-electron chi connectivity index (χ2n) is 7.50. The van der Waals surface area contributed by atoms with Gasteiger partial charge in [0.15, 0.2) is 0 Å². The lowest BCUT2D eigenvalue weighted by Gasteiger charge is -2.30. The number of piperazine rings is 1. The Labute approximate surface area is 178 Å². The summed E-state index contributed by atoms with van der Waals surface area (Å²) < 4.78 is 28.6. The maximum Gasteiger partial charge on any atom is 0.262 e. The number of carbonyl (C=O) groups excluding carboxylic acids is 1. The van der Waals surface area contributed by atoms with Crippen molar-refractivity contribution in [3.8, 4) is 0 Å². The molecule has 2 heterocycles. The van der Waals surface area contributed by atoms with Gasteiger partial charge in [0.05, 0.1) is 22.3 Å². The van der Waals surface area contributed by atoms with Crippen molar-refractivity contribution in [1.29, 1.82) is 0 Å². The average Bonchev–Trinajstić information content (AvgIpc) is 2.71. The van der Waals surface area contributed by atoms with Gasteiger partial charge >= 0.3 is 0 Å². The van der Waals surface area contributed by atoms with Crippen LogP contribution in [-0.4, -0.2) is 52.0 Å². The molecule has 162 valence electrons. The summed E-state index contributed by atoms with van der Waals surface area (Å²) in [6.45, 7) is 11.0. The van der Waals surface area contributed by atoms with Crippen LogP contribution in [0.25, 0.3) is 0 Å². The van der Waals surface area contributed by atoms with Crippen molar-refractivity contribution in [2.45, 2.75) is 32.6 Å². The molecule has 1 saturated heterocycles. The lowest BCUT2D eigenvalue weighted by molar-refractivity contribution is 0.0956. The number of carbonyl (C=O) groups is 1. The van der Waals surface area contributed by atoms with E-state index in [0.29, 0.717) is 23.5 Å². The van der Waals surface area contributed by atoms with E-state index in [2.05, 4.69) is 20.3 Å². The van der Waals surface area contributed by atoms with Crippen LogP contribution in [0.15, 0.2) is 29.3 Å². The maximum absolute atomic E-state index is 13.0. The second kappa shape index (κ2) is 9.01. The van der Waals surface area contributed by atoms with Gasteiger partial charge in [-0.15, -0.1) is 0 Å². The number of nitrogens with zero attached hydrogens (tertiary/aromatic N) is 2. The van der Waals surface area contributed by atoms with Gasteiger partial charge in [0.1, 0.15) is 5.82 Å². The molecule has 0 bridgehead atoms. The van der Waals surface area contributed by atoms with Crippen LogP contribution < -0.4 is 20.3 Å². The van der Waals surface area contributed by atoms with Crippen LogP contribution in [0.4, 0.5) is 11.5 Å². The quantitative estimate of drug-likeness (QED) is 0.646. The van der Waals surface area contributed by atoms with E-state index in [1.165, 1.54) is 6.20 Å². The van der Waals surface area contributed by atoms with Gasteiger partial charge in [0, 0.05) is 32.7 Å². The van der Waals surface area contributed by atoms with Crippen LogP contribution in [0.1, 0.15) is 34.0 Å². The molecule has 3 rings (SSSR count).